The lowest BCUT2D eigenvalue weighted by atomic mass is 9.77. The molecule has 0 aliphatic heterocycles. The third-order valence-corrected chi connectivity index (χ3v) is 3.63. The maximum atomic E-state index is 11.9. The summed E-state index contributed by atoms with van der Waals surface area (Å²) in [6.07, 6.45) is 5.98. The first kappa shape index (κ1) is 14.6. The van der Waals surface area contributed by atoms with Crippen molar-refractivity contribution in [2.75, 3.05) is 13.2 Å². The van der Waals surface area contributed by atoms with Gasteiger partial charge in [-0.1, -0.05) is 18.2 Å². The highest BCUT2D eigenvalue weighted by molar-refractivity contribution is 5.92. The van der Waals surface area contributed by atoms with E-state index in [0.29, 0.717) is 6.61 Å². The number of aliphatic hydroxyl groups excluding tert-OH is 1. The molecule has 108 valence electrons. The van der Waals surface area contributed by atoms with E-state index >= 15 is 0 Å². The molecule has 0 bridgehead atoms. The second-order valence-electron chi connectivity index (χ2n) is 5.09. The molecule has 0 saturated heterocycles. The quantitative estimate of drug-likeness (QED) is 0.782. The van der Waals surface area contributed by atoms with Gasteiger partial charge in [-0.3, -0.25) is 4.79 Å². The smallest absolute Gasteiger partial charge is 0.244 e. The molecule has 2 rings (SSSR count). The van der Waals surface area contributed by atoms with E-state index in [9.17, 15) is 9.90 Å². The van der Waals surface area contributed by atoms with Crippen LogP contribution < -0.4 is 10.1 Å². The van der Waals surface area contributed by atoms with Gasteiger partial charge in [-0.15, -0.1) is 0 Å². The Morgan fingerprint density at radius 3 is 2.80 bits per heavy atom. The number of rotatable bonds is 6. The van der Waals surface area contributed by atoms with Gasteiger partial charge in [0.15, 0.2) is 0 Å². The summed E-state index contributed by atoms with van der Waals surface area (Å²) in [7, 11) is 0. The molecular weight excluding hydrogens is 254 g/mol. The van der Waals surface area contributed by atoms with E-state index in [-0.39, 0.29) is 12.5 Å². The van der Waals surface area contributed by atoms with Crippen LogP contribution in [0.15, 0.2) is 30.3 Å². The van der Waals surface area contributed by atoms with Crippen molar-refractivity contribution in [2.24, 2.45) is 0 Å². The van der Waals surface area contributed by atoms with Crippen molar-refractivity contribution in [3.8, 4) is 5.75 Å². The van der Waals surface area contributed by atoms with Crippen LogP contribution in [0.1, 0.15) is 31.7 Å². The van der Waals surface area contributed by atoms with Crippen LogP contribution in [-0.4, -0.2) is 29.8 Å². The zero-order chi connectivity index (χ0) is 14.4. The predicted octanol–water partition coefficient (Wildman–Crippen LogP) is 2.13. The molecule has 4 heteroatoms. The Kier molecular flexibility index (Phi) is 4.79. The van der Waals surface area contributed by atoms with Crippen molar-refractivity contribution >= 4 is 12.0 Å². The molecule has 0 spiro atoms. The van der Waals surface area contributed by atoms with Gasteiger partial charge in [0.1, 0.15) is 5.75 Å². The summed E-state index contributed by atoms with van der Waals surface area (Å²) < 4.78 is 5.50. The molecule has 0 unspecified atom stereocenters. The molecule has 2 N–H and O–H groups in total. The zero-order valence-corrected chi connectivity index (χ0v) is 11.8. The highest BCUT2D eigenvalue weighted by atomic mass is 16.5. The predicted molar refractivity (Wildman–Crippen MR) is 78.5 cm³/mol. The molecule has 0 aromatic heterocycles. The third kappa shape index (κ3) is 3.39. The van der Waals surface area contributed by atoms with Crippen molar-refractivity contribution in [3.05, 3.63) is 35.9 Å². The second-order valence-corrected chi connectivity index (χ2v) is 5.09. The maximum absolute atomic E-state index is 11.9. The fourth-order valence-electron chi connectivity index (χ4n) is 2.30. The minimum atomic E-state index is -0.402. The summed E-state index contributed by atoms with van der Waals surface area (Å²) in [5, 5.41) is 12.2. The summed E-state index contributed by atoms with van der Waals surface area (Å²) in [6, 6.07) is 7.58. The van der Waals surface area contributed by atoms with E-state index in [4.69, 9.17) is 4.74 Å². The van der Waals surface area contributed by atoms with Crippen molar-refractivity contribution in [1.82, 2.24) is 5.32 Å². The first-order valence-corrected chi connectivity index (χ1v) is 7.02. The van der Waals surface area contributed by atoms with Gasteiger partial charge < -0.3 is 15.2 Å². The number of para-hydroxylation sites is 1. The zero-order valence-electron chi connectivity index (χ0n) is 11.8. The maximum Gasteiger partial charge on any atom is 0.244 e. The lowest BCUT2D eigenvalue weighted by Crippen LogP contribution is -2.55. The number of hydrogen-bond acceptors (Lipinski definition) is 3. The molecule has 0 radical (unpaired) electrons. The van der Waals surface area contributed by atoms with Crippen molar-refractivity contribution in [3.63, 3.8) is 0 Å². The van der Waals surface area contributed by atoms with Gasteiger partial charge in [-0.2, -0.15) is 0 Å². The largest absolute Gasteiger partial charge is 0.493 e. The Morgan fingerprint density at radius 1 is 1.45 bits per heavy atom. The Bertz CT molecular complexity index is 487. The number of aliphatic hydroxyl groups is 1. The first-order chi connectivity index (χ1) is 9.69. The number of carbonyl (C=O) groups excluding carboxylic acids is 1. The standard InChI is InChI=1S/C16H21NO3/c1-2-20-14-7-4-3-6-13(14)8-9-15(19)17-16(12-18)10-5-11-16/h3-4,6-9,18H,2,5,10-12H2,1H3,(H,17,19)/b9-8+. The molecule has 1 aromatic rings. The highest BCUT2D eigenvalue weighted by Gasteiger charge is 2.37. The van der Waals surface area contributed by atoms with E-state index in [2.05, 4.69) is 5.32 Å². The first-order valence-electron chi connectivity index (χ1n) is 7.02. The molecular formula is C16H21NO3. The average molecular weight is 275 g/mol. The van der Waals surface area contributed by atoms with Crippen LogP contribution in [0.25, 0.3) is 6.08 Å². The molecule has 4 nitrogen and oxygen atoms in total. The molecule has 1 aromatic carbocycles. The molecule has 0 heterocycles. The summed E-state index contributed by atoms with van der Waals surface area (Å²) in [6.45, 7) is 2.52. The van der Waals surface area contributed by atoms with Crippen molar-refractivity contribution in [2.45, 2.75) is 31.7 Å². The molecule has 20 heavy (non-hydrogen) atoms. The summed E-state index contributed by atoms with van der Waals surface area (Å²) in [5.74, 6) is 0.588. The van der Waals surface area contributed by atoms with E-state index in [1.165, 1.54) is 6.08 Å². The Hall–Kier alpha value is -1.81. The van der Waals surface area contributed by atoms with Gasteiger partial charge in [0.2, 0.25) is 5.91 Å². The van der Waals surface area contributed by atoms with E-state index < -0.39 is 5.54 Å². The lowest BCUT2D eigenvalue weighted by molar-refractivity contribution is -0.120. The molecule has 1 fully saturated rings. The molecule has 1 saturated carbocycles. The van der Waals surface area contributed by atoms with Crippen LogP contribution >= 0.6 is 0 Å². The van der Waals surface area contributed by atoms with Gasteiger partial charge >= 0.3 is 0 Å². The van der Waals surface area contributed by atoms with Crippen LogP contribution in [0.5, 0.6) is 5.75 Å². The van der Waals surface area contributed by atoms with Crippen LogP contribution in [0.3, 0.4) is 0 Å². The second kappa shape index (κ2) is 6.57. The Balaban J connectivity index is 2.00. The molecule has 0 atom stereocenters. The van der Waals surface area contributed by atoms with Gasteiger partial charge in [-0.25, -0.2) is 0 Å². The monoisotopic (exact) mass is 275 g/mol. The van der Waals surface area contributed by atoms with E-state index in [1.54, 1.807) is 6.08 Å². The number of amides is 1. The summed E-state index contributed by atoms with van der Waals surface area (Å²) >= 11 is 0. The fraction of sp³-hybridized carbons (Fsp3) is 0.438. The van der Waals surface area contributed by atoms with Crippen molar-refractivity contribution in [1.29, 1.82) is 0 Å². The van der Waals surface area contributed by atoms with Gasteiger partial charge in [0.05, 0.1) is 18.8 Å². The SMILES string of the molecule is CCOc1ccccc1/C=C/C(=O)NC1(CO)CCC1. The number of nitrogens with one attached hydrogen (secondary N) is 1. The lowest BCUT2D eigenvalue weighted by Gasteiger charge is -2.40. The van der Waals surface area contributed by atoms with Gasteiger partial charge in [0.25, 0.3) is 0 Å². The number of ether oxygens (including phenoxy) is 1. The number of hydrogen-bond donors (Lipinski definition) is 2. The van der Waals surface area contributed by atoms with Gasteiger partial charge in [0, 0.05) is 11.6 Å². The normalized spacial score (nSPS) is 16.7. The average Bonchev–Trinajstić information content (AvgIpc) is 2.42. The third-order valence-electron chi connectivity index (χ3n) is 3.63. The van der Waals surface area contributed by atoms with Crippen LogP contribution in [-0.2, 0) is 4.79 Å². The van der Waals surface area contributed by atoms with E-state index in [1.807, 2.05) is 31.2 Å². The number of benzene rings is 1. The highest BCUT2D eigenvalue weighted by Crippen LogP contribution is 2.31. The van der Waals surface area contributed by atoms with E-state index in [0.717, 1.165) is 30.6 Å². The fourth-order valence-corrected chi connectivity index (χ4v) is 2.30. The summed E-state index contributed by atoms with van der Waals surface area (Å²) in [5.41, 5.74) is 0.470. The topological polar surface area (TPSA) is 58.6 Å². The Labute approximate surface area is 119 Å². The summed E-state index contributed by atoms with van der Waals surface area (Å²) in [4.78, 5) is 11.9. The number of carbonyl (C=O) groups is 1. The molecule has 1 aliphatic rings. The van der Waals surface area contributed by atoms with Gasteiger partial charge in [-0.05, 0) is 38.3 Å². The van der Waals surface area contributed by atoms with Crippen LogP contribution in [0.2, 0.25) is 0 Å². The van der Waals surface area contributed by atoms with Crippen molar-refractivity contribution < 1.29 is 14.6 Å². The van der Waals surface area contributed by atoms with Crippen LogP contribution in [0, 0.1) is 0 Å². The van der Waals surface area contributed by atoms with Crippen LogP contribution in [0.4, 0.5) is 0 Å². The molecule has 1 amide bonds. The Morgan fingerprint density at radius 2 is 2.20 bits per heavy atom. The minimum absolute atomic E-state index is 0.00210. The molecule has 1 aliphatic carbocycles. The minimum Gasteiger partial charge on any atom is -0.493 e.